The molecule has 3 rings (SSSR count). The van der Waals surface area contributed by atoms with Crippen molar-refractivity contribution in [1.82, 2.24) is 14.7 Å². The van der Waals surface area contributed by atoms with E-state index in [-0.39, 0.29) is 5.92 Å². The summed E-state index contributed by atoms with van der Waals surface area (Å²) < 4.78 is 12.2. The van der Waals surface area contributed by atoms with Gasteiger partial charge in [0.15, 0.2) is 11.6 Å². The van der Waals surface area contributed by atoms with Gasteiger partial charge in [-0.05, 0) is 31.5 Å². The highest BCUT2D eigenvalue weighted by Crippen LogP contribution is 2.29. The molecule has 1 fully saturated rings. The second kappa shape index (κ2) is 5.73. The second-order valence-corrected chi connectivity index (χ2v) is 5.14. The molecule has 1 N–H and O–H groups in total. The van der Waals surface area contributed by atoms with Gasteiger partial charge in [0.25, 0.3) is 0 Å². The van der Waals surface area contributed by atoms with E-state index in [1.165, 1.54) is 7.11 Å². The standard InChI is InChI=1S/C15H19N3O3/c1-20-12-7-3-6-11-13(15(19)21-2)17-14(18(11)12)10-5-4-8-16-9-10/h3,6-7,10,16H,4-5,8-9H2,1-2H3. The molecule has 21 heavy (non-hydrogen) atoms. The zero-order valence-corrected chi connectivity index (χ0v) is 12.3. The summed E-state index contributed by atoms with van der Waals surface area (Å²) in [6, 6.07) is 5.59. The molecule has 0 saturated carbocycles. The van der Waals surface area contributed by atoms with Gasteiger partial charge in [0.2, 0.25) is 0 Å². The maximum absolute atomic E-state index is 12.0. The predicted octanol–water partition coefficient (Wildman–Crippen LogP) is 1.60. The summed E-state index contributed by atoms with van der Waals surface area (Å²) in [5.74, 6) is 1.38. The van der Waals surface area contributed by atoms with Crippen LogP contribution < -0.4 is 10.1 Å². The van der Waals surface area contributed by atoms with Crippen molar-refractivity contribution in [2.45, 2.75) is 18.8 Å². The molecular weight excluding hydrogens is 270 g/mol. The summed E-state index contributed by atoms with van der Waals surface area (Å²) >= 11 is 0. The van der Waals surface area contributed by atoms with E-state index in [0.717, 1.165) is 37.3 Å². The first-order valence-corrected chi connectivity index (χ1v) is 7.10. The summed E-state index contributed by atoms with van der Waals surface area (Å²) in [5, 5.41) is 3.38. The average molecular weight is 289 g/mol. The Morgan fingerprint density at radius 3 is 2.95 bits per heavy atom. The molecule has 0 aliphatic carbocycles. The minimum atomic E-state index is -0.421. The number of fused-ring (bicyclic) bond motifs is 1. The molecule has 2 aromatic heterocycles. The molecule has 2 aromatic rings. The smallest absolute Gasteiger partial charge is 0.358 e. The molecule has 3 heterocycles. The summed E-state index contributed by atoms with van der Waals surface area (Å²) in [7, 11) is 2.99. The van der Waals surface area contributed by atoms with Gasteiger partial charge in [0.05, 0.1) is 19.7 Å². The highest BCUT2D eigenvalue weighted by molar-refractivity contribution is 5.95. The number of methoxy groups -OCH3 is 2. The Morgan fingerprint density at radius 1 is 1.43 bits per heavy atom. The fraction of sp³-hybridized carbons (Fsp3) is 0.467. The fourth-order valence-corrected chi connectivity index (χ4v) is 2.88. The lowest BCUT2D eigenvalue weighted by Crippen LogP contribution is -2.29. The van der Waals surface area contributed by atoms with Crippen LogP contribution in [0.1, 0.15) is 35.1 Å². The van der Waals surface area contributed by atoms with E-state index in [1.54, 1.807) is 7.11 Å². The average Bonchev–Trinajstić information content (AvgIpc) is 2.94. The minimum absolute atomic E-state index is 0.265. The van der Waals surface area contributed by atoms with Crippen LogP contribution in [0.4, 0.5) is 0 Å². The molecule has 1 atom stereocenters. The van der Waals surface area contributed by atoms with Gasteiger partial charge in [-0.3, -0.25) is 4.40 Å². The first-order chi connectivity index (χ1) is 10.3. The summed E-state index contributed by atoms with van der Waals surface area (Å²) in [6.45, 7) is 1.89. The lowest BCUT2D eigenvalue weighted by molar-refractivity contribution is 0.0596. The van der Waals surface area contributed by atoms with Gasteiger partial charge in [-0.1, -0.05) is 6.07 Å². The second-order valence-electron chi connectivity index (χ2n) is 5.14. The van der Waals surface area contributed by atoms with E-state index in [4.69, 9.17) is 9.47 Å². The van der Waals surface area contributed by atoms with Crippen molar-refractivity contribution < 1.29 is 14.3 Å². The number of ether oxygens (including phenoxy) is 2. The summed E-state index contributed by atoms with van der Waals surface area (Å²) in [6.07, 6.45) is 2.15. The molecule has 6 heteroatoms. The molecule has 0 amide bonds. The lowest BCUT2D eigenvalue weighted by Gasteiger charge is -2.22. The van der Waals surface area contributed by atoms with Crippen molar-refractivity contribution in [3.63, 3.8) is 0 Å². The molecule has 1 saturated heterocycles. The molecule has 1 aliphatic heterocycles. The molecule has 6 nitrogen and oxygen atoms in total. The number of hydrogen-bond acceptors (Lipinski definition) is 5. The van der Waals surface area contributed by atoms with Gasteiger partial charge in [0, 0.05) is 12.5 Å². The van der Waals surface area contributed by atoms with Gasteiger partial charge in [-0.2, -0.15) is 0 Å². The largest absolute Gasteiger partial charge is 0.482 e. The van der Waals surface area contributed by atoms with Crippen molar-refractivity contribution >= 4 is 11.5 Å². The number of esters is 1. The predicted molar refractivity (Wildman–Crippen MR) is 77.9 cm³/mol. The third-order valence-electron chi connectivity index (χ3n) is 3.90. The number of nitrogens with zero attached hydrogens (tertiary/aromatic N) is 2. The maximum atomic E-state index is 12.0. The SMILES string of the molecule is COC(=O)c1nc(C2CCCNC2)n2c(OC)cccc12. The minimum Gasteiger partial charge on any atom is -0.482 e. The number of nitrogens with one attached hydrogen (secondary N) is 1. The van der Waals surface area contributed by atoms with Gasteiger partial charge in [0.1, 0.15) is 5.82 Å². The first-order valence-electron chi connectivity index (χ1n) is 7.10. The number of rotatable bonds is 3. The summed E-state index contributed by atoms with van der Waals surface area (Å²) in [4.78, 5) is 16.5. The van der Waals surface area contributed by atoms with Crippen LogP contribution in [0, 0.1) is 0 Å². The Bertz CT molecular complexity index is 659. The van der Waals surface area contributed by atoms with E-state index in [9.17, 15) is 4.79 Å². The van der Waals surface area contributed by atoms with Crippen LogP contribution in [0.2, 0.25) is 0 Å². The highest BCUT2D eigenvalue weighted by Gasteiger charge is 2.26. The third kappa shape index (κ3) is 2.35. The van der Waals surface area contributed by atoms with Crippen LogP contribution in [0.15, 0.2) is 18.2 Å². The topological polar surface area (TPSA) is 64.9 Å². The Kier molecular flexibility index (Phi) is 3.79. The molecule has 0 spiro atoms. The van der Waals surface area contributed by atoms with Gasteiger partial charge < -0.3 is 14.8 Å². The number of carbonyl (C=O) groups excluding carboxylic acids is 1. The lowest BCUT2D eigenvalue weighted by atomic mass is 9.99. The van der Waals surface area contributed by atoms with E-state index < -0.39 is 5.97 Å². The first kappa shape index (κ1) is 13.9. The molecule has 0 aromatic carbocycles. The van der Waals surface area contributed by atoms with Gasteiger partial charge in [-0.25, -0.2) is 9.78 Å². The molecular formula is C15H19N3O3. The zero-order valence-electron chi connectivity index (χ0n) is 12.3. The van der Waals surface area contributed by atoms with Crippen molar-refractivity contribution in [1.29, 1.82) is 0 Å². The van der Waals surface area contributed by atoms with Crippen molar-refractivity contribution in [3.8, 4) is 5.88 Å². The number of imidazole rings is 1. The normalized spacial score (nSPS) is 18.7. The quantitative estimate of drug-likeness (QED) is 0.869. The van der Waals surface area contributed by atoms with Crippen molar-refractivity contribution in [3.05, 3.63) is 29.7 Å². The van der Waals surface area contributed by atoms with Crippen LogP contribution >= 0.6 is 0 Å². The van der Waals surface area contributed by atoms with E-state index in [2.05, 4.69) is 10.3 Å². The number of carbonyl (C=O) groups is 1. The van der Waals surface area contributed by atoms with Crippen LogP contribution in [0.3, 0.4) is 0 Å². The van der Waals surface area contributed by atoms with Crippen molar-refractivity contribution in [2.75, 3.05) is 27.3 Å². The highest BCUT2D eigenvalue weighted by atomic mass is 16.5. The van der Waals surface area contributed by atoms with Crippen molar-refractivity contribution in [2.24, 2.45) is 0 Å². The summed E-state index contributed by atoms with van der Waals surface area (Å²) in [5.41, 5.74) is 1.07. The maximum Gasteiger partial charge on any atom is 0.358 e. The van der Waals surface area contributed by atoms with Gasteiger partial charge in [-0.15, -0.1) is 0 Å². The van der Waals surface area contributed by atoms with Gasteiger partial charge >= 0.3 is 5.97 Å². The van der Waals surface area contributed by atoms with Crippen LogP contribution in [-0.2, 0) is 4.74 Å². The third-order valence-corrected chi connectivity index (χ3v) is 3.90. The van der Waals surface area contributed by atoms with E-state index in [0.29, 0.717) is 11.6 Å². The van der Waals surface area contributed by atoms with Crippen LogP contribution in [0.25, 0.3) is 5.52 Å². The fourth-order valence-electron chi connectivity index (χ4n) is 2.88. The van der Waals surface area contributed by atoms with Crippen LogP contribution in [-0.4, -0.2) is 42.7 Å². The molecule has 0 bridgehead atoms. The Labute approximate surface area is 123 Å². The number of hydrogen-bond donors (Lipinski definition) is 1. The zero-order chi connectivity index (χ0) is 14.8. The number of piperidine rings is 1. The Morgan fingerprint density at radius 2 is 2.29 bits per heavy atom. The molecule has 112 valence electrons. The monoisotopic (exact) mass is 289 g/mol. The van der Waals surface area contributed by atoms with E-state index >= 15 is 0 Å². The van der Waals surface area contributed by atoms with Crippen LogP contribution in [0.5, 0.6) is 5.88 Å². The Hall–Kier alpha value is -2.08. The molecule has 0 radical (unpaired) electrons. The number of pyridine rings is 1. The number of aromatic nitrogens is 2. The van der Waals surface area contributed by atoms with E-state index in [1.807, 2.05) is 22.6 Å². The molecule has 1 unspecified atom stereocenters. The Balaban J connectivity index is 2.19. The molecule has 1 aliphatic rings.